The van der Waals surface area contributed by atoms with Crippen molar-refractivity contribution in [1.29, 1.82) is 0 Å². The number of hydrogen-bond donors (Lipinski definition) is 3. The first-order valence-electron chi connectivity index (χ1n) is 2.56. The van der Waals surface area contributed by atoms with E-state index in [-0.39, 0.29) is 5.78 Å². The standard InChI is InChI=1S/C5H8O3S2/c1-2(6)3(9)4(10)5(7)8/h3-4,9-10H,1H3,(H,7,8). The van der Waals surface area contributed by atoms with E-state index in [9.17, 15) is 9.59 Å². The fourth-order valence-corrected chi connectivity index (χ4v) is 0.695. The SMILES string of the molecule is CC(=O)C(S)C(S)C(=O)O. The lowest BCUT2D eigenvalue weighted by Crippen LogP contribution is -2.30. The van der Waals surface area contributed by atoms with E-state index in [1.807, 2.05) is 0 Å². The molecule has 2 unspecified atom stereocenters. The predicted molar refractivity (Wildman–Crippen MR) is 43.9 cm³/mol. The molecule has 0 amide bonds. The second kappa shape index (κ2) is 3.88. The molecule has 0 aromatic heterocycles. The zero-order valence-corrected chi connectivity index (χ0v) is 7.10. The maximum atomic E-state index is 10.5. The molecular weight excluding hydrogens is 172 g/mol. The zero-order chi connectivity index (χ0) is 8.31. The van der Waals surface area contributed by atoms with Crippen LogP contribution in [0, 0.1) is 0 Å². The monoisotopic (exact) mass is 180 g/mol. The summed E-state index contributed by atoms with van der Waals surface area (Å²) in [6, 6.07) is 0. The lowest BCUT2D eigenvalue weighted by molar-refractivity contribution is -0.137. The number of ketones is 1. The zero-order valence-electron chi connectivity index (χ0n) is 5.31. The molecule has 10 heavy (non-hydrogen) atoms. The van der Waals surface area contributed by atoms with Crippen molar-refractivity contribution >= 4 is 37.0 Å². The topological polar surface area (TPSA) is 54.4 Å². The lowest BCUT2D eigenvalue weighted by Gasteiger charge is -2.09. The number of carboxylic acid groups (broad SMARTS) is 1. The highest BCUT2D eigenvalue weighted by atomic mass is 32.1. The highest BCUT2D eigenvalue weighted by molar-refractivity contribution is 7.86. The largest absolute Gasteiger partial charge is 0.480 e. The maximum absolute atomic E-state index is 10.5. The van der Waals surface area contributed by atoms with Crippen molar-refractivity contribution in [3.63, 3.8) is 0 Å². The van der Waals surface area contributed by atoms with E-state index in [0.29, 0.717) is 0 Å². The summed E-state index contributed by atoms with van der Waals surface area (Å²) in [7, 11) is 0. The average Bonchev–Trinajstić information content (AvgIpc) is 1.84. The van der Waals surface area contributed by atoms with Gasteiger partial charge in [0.05, 0.1) is 5.25 Å². The number of thiol groups is 2. The van der Waals surface area contributed by atoms with Crippen LogP contribution in [0.3, 0.4) is 0 Å². The van der Waals surface area contributed by atoms with Gasteiger partial charge in [0.2, 0.25) is 0 Å². The molecule has 0 aliphatic carbocycles. The summed E-state index contributed by atoms with van der Waals surface area (Å²) < 4.78 is 0. The van der Waals surface area contributed by atoms with E-state index in [2.05, 4.69) is 25.3 Å². The lowest BCUT2D eigenvalue weighted by atomic mass is 10.2. The van der Waals surface area contributed by atoms with Crippen molar-refractivity contribution in [3.8, 4) is 0 Å². The Morgan fingerprint density at radius 3 is 1.80 bits per heavy atom. The summed E-state index contributed by atoms with van der Waals surface area (Å²) in [6.07, 6.45) is 0. The summed E-state index contributed by atoms with van der Waals surface area (Å²) in [5.74, 6) is -1.41. The van der Waals surface area contributed by atoms with Crippen LogP contribution in [0.25, 0.3) is 0 Å². The summed E-state index contributed by atoms with van der Waals surface area (Å²) in [4.78, 5) is 20.7. The van der Waals surface area contributed by atoms with Gasteiger partial charge in [-0.1, -0.05) is 0 Å². The van der Waals surface area contributed by atoms with Crippen molar-refractivity contribution in [2.45, 2.75) is 17.4 Å². The van der Waals surface area contributed by atoms with Gasteiger partial charge < -0.3 is 5.11 Å². The molecule has 0 aliphatic heterocycles. The van der Waals surface area contributed by atoms with Crippen molar-refractivity contribution in [2.24, 2.45) is 0 Å². The van der Waals surface area contributed by atoms with Crippen LogP contribution in [0.15, 0.2) is 0 Å². The van der Waals surface area contributed by atoms with Gasteiger partial charge in [0.1, 0.15) is 11.0 Å². The smallest absolute Gasteiger partial charge is 0.317 e. The van der Waals surface area contributed by atoms with Crippen molar-refractivity contribution in [2.75, 3.05) is 0 Å². The number of hydrogen-bond acceptors (Lipinski definition) is 4. The third kappa shape index (κ3) is 2.62. The van der Waals surface area contributed by atoms with E-state index in [0.717, 1.165) is 0 Å². The van der Waals surface area contributed by atoms with Crippen LogP contribution in [-0.4, -0.2) is 27.4 Å². The van der Waals surface area contributed by atoms with Gasteiger partial charge in [-0.2, -0.15) is 25.3 Å². The Hall–Kier alpha value is -0.160. The average molecular weight is 180 g/mol. The summed E-state index contributed by atoms with van der Waals surface area (Å²) in [5, 5.41) is 6.49. The first-order valence-corrected chi connectivity index (χ1v) is 3.59. The molecule has 1 N–H and O–H groups in total. The quantitative estimate of drug-likeness (QED) is 0.546. The van der Waals surface area contributed by atoms with Gasteiger partial charge in [0, 0.05) is 0 Å². The molecular formula is C5H8O3S2. The van der Waals surface area contributed by atoms with Gasteiger partial charge in [-0.3, -0.25) is 9.59 Å². The molecule has 0 aromatic carbocycles. The molecule has 0 aliphatic rings. The van der Waals surface area contributed by atoms with Crippen molar-refractivity contribution < 1.29 is 14.7 Å². The summed E-state index contributed by atoms with van der Waals surface area (Å²) in [6.45, 7) is 1.28. The van der Waals surface area contributed by atoms with Crippen LogP contribution in [-0.2, 0) is 9.59 Å². The molecule has 0 radical (unpaired) electrons. The molecule has 0 fully saturated rings. The highest BCUT2D eigenvalue weighted by Gasteiger charge is 2.24. The first-order chi connectivity index (χ1) is 4.46. The predicted octanol–water partition coefficient (Wildman–Crippen LogP) is 0.257. The summed E-state index contributed by atoms with van der Waals surface area (Å²) >= 11 is 7.41. The Balaban J connectivity index is 4.07. The Morgan fingerprint density at radius 1 is 1.30 bits per heavy atom. The summed E-state index contributed by atoms with van der Waals surface area (Å²) in [5.41, 5.74) is 0. The molecule has 0 rings (SSSR count). The Bertz CT molecular complexity index is 139. The minimum atomic E-state index is -1.13. The van der Waals surface area contributed by atoms with Crippen LogP contribution < -0.4 is 0 Å². The minimum absolute atomic E-state index is 0.286. The maximum Gasteiger partial charge on any atom is 0.317 e. The van der Waals surface area contributed by atoms with Crippen LogP contribution >= 0.6 is 25.3 Å². The molecule has 0 spiro atoms. The van der Waals surface area contributed by atoms with Gasteiger partial charge in [-0.25, -0.2) is 0 Å². The highest BCUT2D eigenvalue weighted by Crippen LogP contribution is 2.09. The Kier molecular flexibility index (Phi) is 3.81. The molecule has 58 valence electrons. The number of carbonyl (C=O) groups excluding carboxylic acids is 1. The normalized spacial score (nSPS) is 15.9. The Morgan fingerprint density at radius 2 is 1.70 bits per heavy atom. The van der Waals surface area contributed by atoms with Gasteiger partial charge in [0.15, 0.2) is 0 Å². The van der Waals surface area contributed by atoms with E-state index in [1.54, 1.807) is 0 Å². The number of carboxylic acids is 1. The van der Waals surface area contributed by atoms with Crippen molar-refractivity contribution in [1.82, 2.24) is 0 Å². The molecule has 0 heterocycles. The van der Waals surface area contributed by atoms with Crippen LogP contribution in [0.1, 0.15) is 6.92 Å². The van der Waals surface area contributed by atoms with Gasteiger partial charge in [-0.05, 0) is 6.92 Å². The third-order valence-corrected chi connectivity index (χ3v) is 2.38. The molecule has 0 saturated heterocycles. The van der Waals surface area contributed by atoms with Crippen LogP contribution in [0.2, 0.25) is 0 Å². The first kappa shape index (κ1) is 9.84. The second-order valence-corrected chi connectivity index (χ2v) is 2.95. The molecule has 0 aromatic rings. The van der Waals surface area contributed by atoms with E-state index < -0.39 is 16.5 Å². The number of rotatable bonds is 3. The molecule has 3 nitrogen and oxygen atoms in total. The van der Waals surface area contributed by atoms with E-state index in [1.165, 1.54) is 6.92 Å². The number of Topliss-reactive ketones (excluding diaryl/α,β-unsaturated/α-hetero) is 1. The molecule has 0 bridgehead atoms. The molecule has 5 heteroatoms. The van der Waals surface area contributed by atoms with Gasteiger partial charge in [-0.15, -0.1) is 0 Å². The third-order valence-electron chi connectivity index (χ3n) is 0.969. The molecule has 2 atom stereocenters. The number of carbonyl (C=O) groups is 2. The van der Waals surface area contributed by atoms with Gasteiger partial charge >= 0.3 is 5.97 Å². The fourth-order valence-electron chi connectivity index (χ4n) is 0.357. The van der Waals surface area contributed by atoms with Gasteiger partial charge in [0.25, 0.3) is 0 Å². The molecule has 0 saturated carbocycles. The van der Waals surface area contributed by atoms with Crippen molar-refractivity contribution in [3.05, 3.63) is 0 Å². The second-order valence-electron chi connectivity index (χ2n) is 1.84. The fraction of sp³-hybridized carbons (Fsp3) is 0.600. The number of aliphatic carboxylic acids is 1. The van der Waals surface area contributed by atoms with E-state index >= 15 is 0 Å². The minimum Gasteiger partial charge on any atom is -0.480 e. The Labute approximate surface area is 69.6 Å². The van der Waals surface area contributed by atoms with E-state index in [4.69, 9.17) is 5.11 Å². The van der Waals surface area contributed by atoms with Crippen LogP contribution in [0.4, 0.5) is 0 Å². The van der Waals surface area contributed by atoms with Crippen LogP contribution in [0.5, 0.6) is 0 Å².